The number of aromatic nitrogens is 1. The van der Waals surface area contributed by atoms with Gasteiger partial charge in [-0.15, -0.1) is 0 Å². The van der Waals surface area contributed by atoms with Gasteiger partial charge in [-0.2, -0.15) is 0 Å². The van der Waals surface area contributed by atoms with Crippen LogP contribution in [-0.4, -0.2) is 54.4 Å². The summed E-state index contributed by atoms with van der Waals surface area (Å²) in [5.74, 6) is 0.664. The van der Waals surface area contributed by atoms with Crippen LogP contribution in [0.1, 0.15) is 28.9 Å². The largest absolute Gasteiger partial charge is 0.341 e. The monoisotopic (exact) mass is 276 g/mol. The Kier molecular flexibility index (Phi) is 5.09. The number of piperidine rings is 1. The van der Waals surface area contributed by atoms with Crippen LogP contribution in [0.5, 0.6) is 0 Å². The van der Waals surface area contributed by atoms with E-state index in [4.69, 9.17) is 5.73 Å². The van der Waals surface area contributed by atoms with Crippen LogP contribution in [0.3, 0.4) is 0 Å². The van der Waals surface area contributed by atoms with Crippen molar-refractivity contribution in [1.82, 2.24) is 14.8 Å². The predicted octanol–water partition coefficient (Wildman–Crippen LogP) is 0.954. The molecule has 20 heavy (non-hydrogen) atoms. The van der Waals surface area contributed by atoms with Crippen LogP contribution in [0, 0.1) is 5.92 Å². The fourth-order valence-electron chi connectivity index (χ4n) is 2.66. The van der Waals surface area contributed by atoms with Gasteiger partial charge < -0.3 is 15.5 Å². The number of hydrogen-bond acceptors (Lipinski definition) is 4. The zero-order valence-corrected chi connectivity index (χ0v) is 12.4. The zero-order valence-electron chi connectivity index (χ0n) is 12.4. The second-order valence-electron chi connectivity index (χ2n) is 5.67. The fraction of sp³-hybridized carbons (Fsp3) is 0.600. The van der Waals surface area contributed by atoms with Crippen LogP contribution in [-0.2, 0) is 6.54 Å². The zero-order chi connectivity index (χ0) is 14.5. The molecule has 0 radical (unpaired) electrons. The molecule has 2 rings (SSSR count). The molecule has 1 fully saturated rings. The highest BCUT2D eigenvalue weighted by molar-refractivity contribution is 5.94. The van der Waals surface area contributed by atoms with Gasteiger partial charge in [0.25, 0.3) is 5.91 Å². The number of hydrogen-bond donors (Lipinski definition) is 1. The van der Waals surface area contributed by atoms with Crippen molar-refractivity contribution in [2.24, 2.45) is 11.7 Å². The number of nitrogens with two attached hydrogens (primary N) is 1. The molecule has 1 aromatic rings. The Bertz CT molecular complexity index is 455. The molecule has 0 spiro atoms. The highest BCUT2D eigenvalue weighted by atomic mass is 16.2. The summed E-state index contributed by atoms with van der Waals surface area (Å²) in [5, 5.41) is 0. The predicted molar refractivity (Wildman–Crippen MR) is 79.3 cm³/mol. The van der Waals surface area contributed by atoms with Gasteiger partial charge in [-0.1, -0.05) is 0 Å². The van der Waals surface area contributed by atoms with Crippen molar-refractivity contribution in [3.05, 3.63) is 29.6 Å². The van der Waals surface area contributed by atoms with Crippen molar-refractivity contribution in [3.63, 3.8) is 0 Å². The molecule has 5 nitrogen and oxygen atoms in total. The Morgan fingerprint density at radius 3 is 2.85 bits per heavy atom. The molecule has 1 aliphatic heterocycles. The second kappa shape index (κ2) is 6.81. The molecule has 1 saturated heterocycles. The van der Waals surface area contributed by atoms with Crippen LogP contribution in [0.2, 0.25) is 0 Å². The summed E-state index contributed by atoms with van der Waals surface area (Å²) in [5.41, 5.74) is 7.00. The van der Waals surface area contributed by atoms with E-state index < -0.39 is 0 Å². The average Bonchev–Trinajstić information content (AvgIpc) is 2.48. The quantitative estimate of drug-likeness (QED) is 0.889. The number of carbonyl (C=O) groups excluding carboxylic acids is 1. The Balaban J connectivity index is 1.94. The van der Waals surface area contributed by atoms with Crippen molar-refractivity contribution in [1.29, 1.82) is 0 Å². The van der Waals surface area contributed by atoms with Crippen molar-refractivity contribution in [3.8, 4) is 0 Å². The minimum absolute atomic E-state index is 0.0565. The van der Waals surface area contributed by atoms with Gasteiger partial charge in [0.05, 0.1) is 5.69 Å². The van der Waals surface area contributed by atoms with Gasteiger partial charge in [-0.25, -0.2) is 0 Å². The molecule has 0 unspecified atom stereocenters. The highest BCUT2D eigenvalue weighted by Crippen LogP contribution is 2.17. The maximum absolute atomic E-state index is 12.4. The summed E-state index contributed by atoms with van der Waals surface area (Å²) in [6.45, 7) is 3.44. The normalized spacial score (nSPS) is 17.1. The van der Waals surface area contributed by atoms with E-state index in [9.17, 15) is 4.79 Å². The maximum Gasteiger partial charge on any atom is 0.253 e. The first-order chi connectivity index (χ1) is 9.60. The molecule has 2 N–H and O–H groups in total. The van der Waals surface area contributed by atoms with E-state index in [1.54, 1.807) is 18.3 Å². The Morgan fingerprint density at radius 2 is 2.20 bits per heavy atom. The molecular formula is C15H24N4O. The SMILES string of the molecule is CN1CCC(CN(C)C(=O)c2ccnc(CN)c2)CC1. The summed E-state index contributed by atoms with van der Waals surface area (Å²) in [7, 11) is 4.03. The topological polar surface area (TPSA) is 62.5 Å². The standard InChI is InChI=1S/C15H24N4O/c1-18-7-4-12(5-8-18)11-19(2)15(20)13-3-6-17-14(9-13)10-16/h3,6,9,12H,4-5,7-8,10-11,16H2,1-2H3. The molecule has 0 aromatic carbocycles. The molecule has 1 aliphatic rings. The molecule has 2 heterocycles. The third-order valence-electron chi connectivity index (χ3n) is 3.99. The summed E-state index contributed by atoms with van der Waals surface area (Å²) in [6.07, 6.45) is 3.98. The lowest BCUT2D eigenvalue weighted by atomic mass is 9.96. The molecule has 1 amide bonds. The van der Waals surface area contributed by atoms with Gasteiger partial charge in [-0.05, 0) is 51.0 Å². The number of likely N-dealkylation sites (tertiary alicyclic amines) is 1. The highest BCUT2D eigenvalue weighted by Gasteiger charge is 2.21. The van der Waals surface area contributed by atoms with E-state index in [1.165, 1.54) is 12.8 Å². The van der Waals surface area contributed by atoms with E-state index in [1.807, 2.05) is 11.9 Å². The molecule has 5 heteroatoms. The lowest BCUT2D eigenvalue weighted by Gasteiger charge is -2.31. The van der Waals surface area contributed by atoms with Gasteiger partial charge in [0.1, 0.15) is 0 Å². The first-order valence-electron chi connectivity index (χ1n) is 7.19. The van der Waals surface area contributed by atoms with Gasteiger partial charge >= 0.3 is 0 Å². The third kappa shape index (κ3) is 3.77. The van der Waals surface area contributed by atoms with E-state index >= 15 is 0 Å². The summed E-state index contributed by atoms with van der Waals surface area (Å²) in [4.78, 5) is 20.7. The summed E-state index contributed by atoms with van der Waals surface area (Å²) >= 11 is 0. The number of carbonyl (C=O) groups is 1. The van der Waals surface area contributed by atoms with Crippen LogP contribution in [0.4, 0.5) is 0 Å². The minimum atomic E-state index is 0.0565. The van der Waals surface area contributed by atoms with Crippen molar-refractivity contribution >= 4 is 5.91 Å². The molecule has 0 aliphatic carbocycles. The lowest BCUT2D eigenvalue weighted by molar-refractivity contribution is 0.0747. The van der Waals surface area contributed by atoms with Gasteiger partial charge in [-0.3, -0.25) is 9.78 Å². The molecular weight excluding hydrogens is 252 g/mol. The fourth-order valence-corrected chi connectivity index (χ4v) is 2.66. The van der Waals surface area contributed by atoms with Crippen molar-refractivity contribution in [2.45, 2.75) is 19.4 Å². The van der Waals surface area contributed by atoms with Gasteiger partial charge in [0, 0.05) is 31.9 Å². The number of nitrogens with zero attached hydrogens (tertiary/aromatic N) is 3. The van der Waals surface area contributed by atoms with E-state index in [0.717, 1.165) is 25.3 Å². The van der Waals surface area contributed by atoms with Crippen LogP contribution in [0.25, 0.3) is 0 Å². The minimum Gasteiger partial charge on any atom is -0.341 e. The van der Waals surface area contributed by atoms with Gasteiger partial charge in [0.2, 0.25) is 0 Å². The third-order valence-corrected chi connectivity index (χ3v) is 3.99. The van der Waals surface area contributed by atoms with Crippen LogP contribution >= 0.6 is 0 Å². The van der Waals surface area contributed by atoms with Crippen LogP contribution in [0.15, 0.2) is 18.3 Å². The second-order valence-corrected chi connectivity index (χ2v) is 5.67. The number of amides is 1. The Hall–Kier alpha value is -1.46. The van der Waals surface area contributed by atoms with E-state index in [2.05, 4.69) is 16.9 Å². The van der Waals surface area contributed by atoms with Gasteiger partial charge in [0.15, 0.2) is 0 Å². The van der Waals surface area contributed by atoms with Crippen molar-refractivity contribution < 1.29 is 4.79 Å². The molecule has 1 aromatic heterocycles. The average molecular weight is 276 g/mol. The number of rotatable bonds is 4. The van der Waals surface area contributed by atoms with E-state index in [0.29, 0.717) is 18.0 Å². The van der Waals surface area contributed by atoms with E-state index in [-0.39, 0.29) is 5.91 Å². The first kappa shape index (κ1) is 14.9. The Labute approximate surface area is 120 Å². The van der Waals surface area contributed by atoms with Crippen LogP contribution < -0.4 is 5.73 Å². The smallest absolute Gasteiger partial charge is 0.253 e. The Morgan fingerprint density at radius 1 is 1.50 bits per heavy atom. The summed E-state index contributed by atoms with van der Waals surface area (Å²) < 4.78 is 0. The number of pyridine rings is 1. The molecule has 0 saturated carbocycles. The maximum atomic E-state index is 12.4. The lowest BCUT2D eigenvalue weighted by Crippen LogP contribution is -2.38. The molecule has 0 atom stereocenters. The van der Waals surface area contributed by atoms with Crippen molar-refractivity contribution in [2.75, 3.05) is 33.7 Å². The first-order valence-corrected chi connectivity index (χ1v) is 7.19. The molecule has 110 valence electrons. The summed E-state index contributed by atoms with van der Waals surface area (Å²) in [6, 6.07) is 3.54. The molecule has 0 bridgehead atoms.